The van der Waals surface area contributed by atoms with Crippen LogP contribution in [0.2, 0.25) is 0 Å². The summed E-state index contributed by atoms with van der Waals surface area (Å²) in [6, 6.07) is 5.25. The lowest BCUT2D eigenvalue weighted by Gasteiger charge is -2.00. The summed E-state index contributed by atoms with van der Waals surface area (Å²) in [5.41, 5.74) is 0. The monoisotopic (exact) mass is 171 g/mol. The highest BCUT2D eigenvalue weighted by Crippen LogP contribution is 2.10. The van der Waals surface area contributed by atoms with E-state index in [1.165, 1.54) is 0 Å². The van der Waals surface area contributed by atoms with E-state index in [2.05, 4.69) is 5.32 Å². The molecule has 0 aliphatic rings. The van der Waals surface area contributed by atoms with Crippen LogP contribution in [0.1, 0.15) is 11.8 Å². The minimum Gasteiger partial charge on any atom is -1.00 e. The fourth-order valence-electron chi connectivity index (χ4n) is 0.726. The zero-order valence-electron chi connectivity index (χ0n) is 6.04. The molecule has 1 atom stereocenters. The molecule has 0 aliphatic carbocycles. The Morgan fingerprint density at radius 3 is 2.82 bits per heavy atom. The van der Waals surface area contributed by atoms with Gasteiger partial charge in [-0.1, -0.05) is 0 Å². The van der Waals surface area contributed by atoms with Gasteiger partial charge in [-0.3, -0.25) is 5.32 Å². The fourth-order valence-corrected chi connectivity index (χ4v) is 0.726. The molecule has 1 heterocycles. The van der Waals surface area contributed by atoms with E-state index in [4.69, 9.17) is 9.68 Å². The molecule has 1 aromatic heterocycles. The van der Waals surface area contributed by atoms with E-state index in [1.54, 1.807) is 25.4 Å². The van der Waals surface area contributed by atoms with E-state index in [9.17, 15) is 0 Å². The van der Waals surface area contributed by atoms with Crippen LogP contribution in [-0.2, 0) is 0 Å². The smallest absolute Gasteiger partial charge is 0.154 e. The summed E-state index contributed by atoms with van der Waals surface area (Å²) in [5, 5.41) is 11.3. The van der Waals surface area contributed by atoms with E-state index in [-0.39, 0.29) is 18.4 Å². The number of nitrogens with one attached hydrogen (secondary N) is 1. The number of nitrogens with zero attached hydrogens (tertiary/aromatic N) is 1. The summed E-state index contributed by atoms with van der Waals surface area (Å²) in [7, 11) is 1.72. The molecule has 1 unspecified atom stereocenters. The van der Waals surface area contributed by atoms with Crippen molar-refractivity contribution in [2.24, 2.45) is 0 Å². The second-order valence-electron chi connectivity index (χ2n) is 1.87. The molecule has 0 saturated carbocycles. The average Bonchev–Trinajstić information content (AvgIpc) is 2.43. The minimum absolute atomic E-state index is 0. The Morgan fingerprint density at radius 1 is 1.73 bits per heavy atom. The summed E-state index contributed by atoms with van der Waals surface area (Å²) in [6.45, 7) is 0. The zero-order valence-corrected chi connectivity index (χ0v) is 6.80. The normalized spacial score (nSPS) is 11.3. The molecule has 3 nitrogen and oxygen atoms in total. The van der Waals surface area contributed by atoms with Gasteiger partial charge in [0.15, 0.2) is 6.04 Å². The third kappa shape index (κ3) is 2.26. The topological polar surface area (TPSA) is 49.0 Å². The van der Waals surface area contributed by atoms with Crippen LogP contribution < -0.4 is 17.7 Å². The number of halogens is 1. The van der Waals surface area contributed by atoms with Crippen LogP contribution in [0.5, 0.6) is 0 Å². The number of hydrogen-bond donors (Lipinski definition) is 1. The lowest BCUT2D eigenvalue weighted by atomic mass is 10.2. The van der Waals surface area contributed by atoms with E-state index in [1.807, 2.05) is 6.07 Å². The van der Waals surface area contributed by atoms with Crippen LogP contribution in [0.15, 0.2) is 22.8 Å². The lowest BCUT2D eigenvalue weighted by Crippen LogP contribution is -3.00. The van der Waals surface area contributed by atoms with Crippen molar-refractivity contribution >= 4 is 0 Å². The number of hydrogen-bond acceptors (Lipinski definition) is 3. The summed E-state index contributed by atoms with van der Waals surface area (Å²) in [5.74, 6) is 0.657. The largest absolute Gasteiger partial charge is 1.00 e. The van der Waals surface area contributed by atoms with Gasteiger partial charge in [-0.05, 0) is 19.2 Å². The minimum atomic E-state index is -0.324. The van der Waals surface area contributed by atoms with Gasteiger partial charge in [0.1, 0.15) is 5.76 Å². The molecule has 0 bridgehead atoms. The maximum atomic E-state index is 8.53. The van der Waals surface area contributed by atoms with E-state index in [0.717, 1.165) is 0 Å². The van der Waals surface area contributed by atoms with Gasteiger partial charge in [-0.15, -0.1) is 0 Å². The Labute approximate surface area is 71.4 Å². The molecule has 60 valence electrons. The fraction of sp³-hybridized carbons (Fsp3) is 0.286. The molecular weight excluding hydrogens is 164 g/mol. The maximum Gasteiger partial charge on any atom is 0.154 e. The van der Waals surface area contributed by atoms with Crippen molar-refractivity contribution in [3.8, 4) is 6.07 Å². The van der Waals surface area contributed by atoms with Gasteiger partial charge in [0.2, 0.25) is 0 Å². The van der Waals surface area contributed by atoms with Crippen molar-refractivity contribution in [2.75, 3.05) is 7.05 Å². The van der Waals surface area contributed by atoms with Crippen LogP contribution in [0, 0.1) is 11.3 Å². The van der Waals surface area contributed by atoms with Crippen LogP contribution in [0.25, 0.3) is 0 Å². The van der Waals surface area contributed by atoms with Gasteiger partial charge in [-0.2, -0.15) is 5.26 Å². The zero-order chi connectivity index (χ0) is 7.40. The van der Waals surface area contributed by atoms with Crippen molar-refractivity contribution < 1.29 is 16.8 Å². The van der Waals surface area contributed by atoms with Crippen LogP contribution >= 0.6 is 0 Å². The SMILES string of the molecule is CNC(C#N)c1ccco1.[Cl-]. The van der Waals surface area contributed by atoms with Gasteiger partial charge >= 0.3 is 0 Å². The van der Waals surface area contributed by atoms with Crippen molar-refractivity contribution in [2.45, 2.75) is 6.04 Å². The molecule has 0 fully saturated rings. The van der Waals surface area contributed by atoms with Crippen molar-refractivity contribution in [1.29, 1.82) is 5.26 Å². The molecule has 0 aliphatic heterocycles. The number of furan rings is 1. The first-order chi connectivity index (χ1) is 4.88. The first-order valence-corrected chi connectivity index (χ1v) is 2.98. The third-order valence-corrected chi connectivity index (χ3v) is 1.25. The van der Waals surface area contributed by atoms with Crippen LogP contribution in [0.3, 0.4) is 0 Å². The number of rotatable bonds is 2. The Hall–Kier alpha value is -0.980. The summed E-state index contributed by atoms with van der Waals surface area (Å²) in [6.07, 6.45) is 1.55. The molecule has 4 heteroatoms. The summed E-state index contributed by atoms with van der Waals surface area (Å²) in [4.78, 5) is 0. The van der Waals surface area contributed by atoms with Crippen molar-refractivity contribution in [3.05, 3.63) is 24.2 Å². The predicted octanol–water partition coefficient (Wildman–Crippen LogP) is -1.93. The Balaban J connectivity index is 0.000001000. The van der Waals surface area contributed by atoms with Gasteiger partial charge in [0, 0.05) is 0 Å². The second kappa shape index (κ2) is 4.78. The van der Waals surface area contributed by atoms with Gasteiger partial charge in [0.25, 0.3) is 0 Å². The first-order valence-electron chi connectivity index (χ1n) is 2.98. The lowest BCUT2D eigenvalue weighted by molar-refractivity contribution is -0.00000283. The second-order valence-corrected chi connectivity index (χ2v) is 1.87. The molecule has 0 saturated heterocycles. The van der Waals surface area contributed by atoms with E-state index >= 15 is 0 Å². The highest BCUT2D eigenvalue weighted by molar-refractivity contribution is 5.11. The van der Waals surface area contributed by atoms with E-state index in [0.29, 0.717) is 5.76 Å². The first kappa shape index (κ1) is 10.0. The van der Waals surface area contributed by atoms with Crippen molar-refractivity contribution in [3.63, 3.8) is 0 Å². The molecule has 0 aromatic carbocycles. The van der Waals surface area contributed by atoms with Gasteiger partial charge in [0.05, 0.1) is 12.3 Å². The Kier molecular flexibility index (Phi) is 4.35. The molecule has 11 heavy (non-hydrogen) atoms. The standard InChI is InChI=1S/C7H8N2O.ClH/c1-9-6(5-8)7-3-2-4-10-7;/h2-4,6,9H,1H3;1H/p-1. The average molecular weight is 172 g/mol. The quantitative estimate of drug-likeness (QED) is 0.564. The Bertz CT molecular complexity index is 227. The van der Waals surface area contributed by atoms with E-state index < -0.39 is 0 Å². The predicted molar refractivity (Wildman–Crippen MR) is 36.1 cm³/mol. The van der Waals surface area contributed by atoms with Crippen LogP contribution in [0.4, 0.5) is 0 Å². The summed E-state index contributed by atoms with van der Waals surface area (Å²) >= 11 is 0. The number of nitriles is 1. The molecule has 1 aromatic rings. The third-order valence-electron chi connectivity index (χ3n) is 1.25. The molecule has 1 rings (SSSR count). The maximum absolute atomic E-state index is 8.53. The van der Waals surface area contributed by atoms with Gasteiger partial charge in [-0.25, -0.2) is 0 Å². The molecule has 1 N–H and O–H groups in total. The van der Waals surface area contributed by atoms with Gasteiger partial charge < -0.3 is 16.8 Å². The molecule has 0 amide bonds. The highest BCUT2D eigenvalue weighted by Gasteiger charge is 2.08. The highest BCUT2D eigenvalue weighted by atomic mass is 35.5. The van der Waals surface area contributed by atoms with Crippen molar-refractivity contribution in [1.82, 2.24) is 5.32 Å². The van der Waals surface area contributed by atoms with Crippen LogP contribution in [-0.4, -0.2) is 7.05 Å². The molecule has 0 radical (unpaired) electrons. The summed E-state index contributed by atoms with van der Waals surface area (Å²) < 4.78 is 4.99. The Morgan fingerprint density at radius 2 is 2.45 bits per heavy atom. The molecular formula is C7H8ClN2O-. The molecule has 0 spiro atoms.